The molecule has 2 aromatic carbocycles. The zero-order valence-electron chi connectivity index (χ0n) is 17.9. The van der Waals surface area contributed by atoms with Gasteiger partial charge in [0.05, 0.1) is 6.04 Å². The predicted molar refractivity (Wildman–Crippen MR) is 124 cm³/mol. The number of hydrogen-bond acceptors (Lipinski definition) is 4. The van der Waals surface area contributed by atoms with Crippen LogP contribution in [0.4, 0.5) is 10.5 Å². The van der Waals surface area contributed by atoms with Crippen molar-refractivity contribution in [2.24, 2.45) is 0 Å². The van der Waals surface area contributed by atoms with E-state index in [0.29, 0.717) is 17.8 Å². The number of aryl methyl sites for hydroxylation is 1. The van der Waals surface area contributed by atoms with Crippen LogP contribution in [0.5, 0.6) is 0 Å². The van der Waals surface area contributed by atoms with E-state index < -0.39 is 0 Å². The highest BCUT2D eigenvalue weighted by atomic mass is 32.2. The average molecular weight is 427 g/mol. The smallest absolute Gasteiger partial charge is 0.319 e. The van der Waals surface area contributed by atoms with Crippen molar-refractivity contribution in [2.45, 2.75) is 13.0 Å². The molecule has 160 valence electrons. The lowest BCUT2D eigenvalue weighted by Crippen LogP contribution is -2.38. The van der Waals surface area contributed by atoms with E-state index in [4.69, 9.17) is 0 Å². The standard InChI is InChI=1S/C23H30N4O2S/c1-17-9-10-19(22(28)27-11-13-30-14-12-27)15-20(17)24-23(29)25-21(16-26(2)3)18-7-5-4-6-8-18/h4-10,15,21H,11-14,16H2,1-3H3,(H2,24,25,29). The van der Waals surface area contributed by atoms with Gasteiger partial charge >= 0.3 is 6.03 Å². The van der Waals surface area contributed by atoms with Crippen molar-refractivity contribution in [3.63, 3.8) is 0 Å². The molecule has 0 radical (unpaired) electrons. The van der Waals surface area contributed by atoms with Crippen molar-refractivity contribution in [3.05, 3.63) is 65.2 Å². The summed E-state index contributed by atoms with van der Waals surface area (Å²) < 4.78 is 0. The molecule has 2 N–H and O–H groups in total. The topological polar surface area (TPSA) is 64.7 Å². The van der Waals surface area contributed by atoms with E-state index in [1.54, 1.807) is 6.07 Å². The lowest BCUT2D eigenvalue weighted by atomic mass is 10.1. The molecule has 1 saturated heterocycles. The van der Waals surface area contributed by atoms with Crippen molar-refractivity contribution in [1.82, 2.24) is 15.1 Å². The number of benzene rings is 2. The maximum absolute atomic E-state index is 12.8. The summed E-state index contributed by atoms with van der Waals surface area (Å²) in [7, 11) is 3.96. The first-order chi connectivity index (χ1) is 14.4. The van der Waals surface area contributed by atoms with Crippen LogP contribution in [-0.2, 0) is 0 Å². The first-order valence-corrected chi connectivity index (χ1v) is 11.3. The monoisotopic (exact) mass is 426 g/mol. The molecule has 1 heterocycles. The maximum Gasteiger partial charge on any atom is 0.319 e. The zero-order valence-corrected chi connectivity index (χ0v) is 18.7. The fraction of sp³-hybridized carbons (Fsp3) is 0.391. The summed E-state index contributed by atoms with van der Waals surface area (Å²) in [6.07, 6.45) is 0. The van der Waals surface area contributed by atoms with Gasteiger partial charge in [0, 0.05) is 42.4 Å². The molecule has 1 atom stereocenters. The number of hydrogen-bond donors (Lipinski definition) is 2. The van der Waals surface area contributed by atoms with Gasteiger partial charge in [0.2, 0.25) is 0 Å². The molecule has 0 saturated carbocycles. The highest BCUT2D eigenvalue weighted by molar-refractivity contribution is 7.99. The normalized spacial score (nSPS) is 15.0. The Kier molecular flexibility index (Phi) is 7.76. The van der Waals surface area contributed by atoms with Gasteiger partial charge in [0.25, 0.3) is 5.91 Å². The molecule has 2 aromatic rings. The van der Waals surface area contributed by atoms with Gasteiger partial charge in [-0.3, -0.25) is 4.79 Å². The molecule has 3 amide bonds. The quantitative estimate of drug-likeness (QED) is 0.741. The van der Waals surface area contributed by atoms with Gasteiger partial charge in [0.1, 0.15) is 0 Å². The van der Waals surface area contributed by atoms with E-state index in [0.717, 1.165) is 35.7 Å². The van der Waals surface area contributed by atoms with Gasteiger partial charge in [-0.2, -0.15) is 11.8 Å². The first-order valence-electron chi connectivity index (χ1n) is 10.2. The number of anilines is 1. The molecule has 0 aromatic heterocycles. The molecule has 6 nitrogen and oxygen atoms in total. The van der Waals surface area contributed by atoms with Crippen LogP contribution in [0.3, 0.4) is 0 Å². The number of urea groups is 1. The highest BCUT2D eigenvalue weighted by Crippen LogP contribution is 2.20. The number of nitrogens with zero attached hydrogens (tertiary/aromatic N) is 2. The zero-order chi connectivity index (χ0) is 21.5. The first kappa shape index (κ1) is 22.2. The molecule has 7 heteroatoms. The van der Waals surface area contributed by atoms with Crippen molar-refractivity contribution in [2.75, 3.05) is 50.6 Å². The van der Waals surface area contributed by atoms with Crippen molar-refractivity contribution in [3.8, 4) is 0 Å². The Morgan fingerprint density at radius 1 is 1.10 bits per heavy atom. The highest BCUT2D eigenvalue weighted by Gasteiger charge is 2.20. The second-order valence-corrected chi connectivity index (χ2v) is 8.98. The summed E-state index contributed by atoms with van der Waals surface area (Å²) >= 11 is 1.87. The largest absolute Gasteiger partial charge is 0.337 e. The molecule has 3 rings (SSSR count). The van der Waals surface area contributed by atoms with Gasteiger partial charge < -0.3 is 20.4 Å². The average Bonchev–Trinajstić information content (AvgIpc) is 2.75. The SMILES string of the molecule is Cc1ccc(C(=O)N2CCSCC2)cc1NC(=O)NC(CN(C)C)c1ccccc1. The second kappa shape index (κ2) is 10.5. The minimum absolute atomic E-state index is 0.0218. The Morgan fingerprint density at radius 3 is 2.47 bits per heavy atom. The van der Waals surface area contributed by atoms with Crippen LogP contribution >= 0.6 is 11.8 Å². The van der Waals surface area contributed by atoms with Gasteiger partial charge in [0.15, 0.2) is 0 Å². The number of carbonyl (C=O) groups excluding carboxylic acids is 2. The summed E-state index contributed by atoms with van der Waals surface area (Å²) in [6.45, 7) is 4.14. The van der Waals surface area contributed by atoms with Gasteiger partial charge in [-0.25, -0.2) is 4.79 Å². The lowest BCUT2D eigenvalue weighted by molar-refractivity contribution is 0.0772. The molecule has 0 spiro atoms. The molecular formula is C23H30N4O2S. The maximum atomic E-state index is 12.8. The van der Waals surface area contributed by atoms with Crippen LogP contribution in [0.1, 0.15) is 27.5 Å². The predicted octanol–water partition coefficient (Wildman–Crippen LogP) is 3.61. The summed E-state index contributed by atoms with van der Waals surface area (Å²) in [6, 6.07) is 15.0. The number of thioether (sulfide) groups is 1. The molecule has 0 bridgehead atoms. The van der Waals surface area contributed by atoms with E-state index in [2.05, 4.69) is 10.6 Å². The van der Waals surface area contributed by atoms with Crippen molar-refractivity contribution in [1.29, 1.82) is 0 Å². The Morgan fingerprint density at radius 2 is 1.80 bits per heavy atom. The summed E-state index contributed by atoms with van der Waals surface area (Å²) in [5, 5.41) is 6.00. The molecule has 30 heavy (non-hydrogen) atoms. The van der Waals surface area contributed by atoms with Gasteiger partial charge in [-0.1, -0.05) is 36.4 Å². The van der Waals surface area contributed by atoms with Crippen LogP contribution < -0.4 is 10.6 Å². The Hall–Kier alpha value is -2.51. The molecule has 1 aliphatic rings. The number of nitrogens with one attached hydrogen (secondary N) is 2. The van der Waals surface area contributed by atoms with Crippen LogP contribution in [0.2, 0.25) is 0 Å². The number of carbonyl (C=O) groups is 2. The lowest BCUT2D eigenvalue weighted by Gasteiger charge is -2.27. The number of likely N-dealkylation sites (N-methyl/N-ethyl adjacent to an activating group) is 1. The van der Waals surface area contributed by atoms with Gasteiger partial charge in [-0.05, 0) is 44.3 Å². The van der Waals surface area contributed by atoms with Crippen molar-refractivity contribution >= 4 is 29.4 Å². The van der Waals surface area contributed by atoms with Crippen LogP contribution in [0.25, 0.3) is 0 Å². The second-order valence-electron chi connectivity index (χ2n) is 7.76. The Labute approximate surface area is 183 Å². The fourth-order valence-corrected chi connectivity index (χ4v) is 4.34. The van der Waals surface area contributed by atoms with Crippen molar-refractivity contribution < 1.29 is 9.59 Å². The van der Waals surface area contributed by atoms with E-state index in [1.807, 2.05) is 85.0 Å². The third-order valence-corrected chi connectivity index (χ3v) is 6.03. The van der Waals surface area contributed by atoms with E-state index in [1.165, 1.54) is 0 Å². The van der Waals surface area contributed by atoms with Gasteiger partial charge in [-0.15, -0.1) is 0 Å². The van der Waals surface area contributed by atoms with Crippen LogP contribution in [0.15, 0.2) is 48.5 Å². The Bertz CT molecular complexity index is 867. The van der Waals surface area contributed by atoms with Crippen LogP contribution in [0, 0.1) is 6.92 Å². The van der Waals surface area contributed by atoms with E-state index in [9.17, 15) is 9.59 Å². The van der Waals surface area contributed by atoms with E-state index in [-0.39, 0.29) is 18.0 Å². The fourth-order valence-electron chi connectivity index (χ4n) is 3.44. The summed E-state index contributed by atoms with van der Waals surface area (Å²) in [4.78, 5) is 29.5. The third kappa shape index (κ3) is 6.00. The molecule has 1 aliphatic heterocycles. The summed E-state index contributed by atoms with van der Waals surface area (Å²) in [5.74, 6) is 1.96. The minimum atomic E-state index is -0.284. The third-order valence-electron chi connectivity index (χ3n) is 5.09. The molecule has 1 unspecified atom stereocenters. The molecule has 1 fully saturated rings. The van der Waals surface area contributed by atoms with E-state index >= 15 is 0 Å². The molecule has 0 aliphatic carbocycles. The minimum Gasteiger partial charge on any atom is -0.337 e. The molecular weight excluding hydrogens is 396 g/mol. The Balaban J connectivity index is 1.71. The summed E-state index contributed by atoms with van der Waals surface area (Å²) in [5.41, 5.74) is 3.22. The van der Waals surface area contributed by atoms with Crippen LogP contribution in [-0.4, -0.2) is 67.0 Å². The number of rotatable bonds is 6. The number of amides is 3.